The lowest BCUT2D eigenvalue weighted by Crippen LogP contribution is -2.36. The highest BCUT2D eigenvalue weighted by atomic mass is 16.6. The first-order valence-corrected chi connectivity index (χ1v) is 10.3. The Morgan fingerprint density at radius 1 is 1.04 bits per heavy atom. The summed E-state index contributed by atoms with van der Waals surface area (Å²) in [5, 5.41) is 4.29. The number of aromatic nitrogens is 2. The molecule has 1 aromatic rings. The van der Waals surface area contributed by atoms with Crippen molar-refractivity contribution in [2.45, 2.75) is 103 Å². The number of amides is 1. The van der Waals surface area contributed by atoms with Crippen LogP contribution in [0.4, 0.5) is 4.79 Å². The molecule has 1 saturated carbocycles. The summed E-state index contributed by atoms with van der Waals surface area (Å²) in [4.78, 5) is 19.0. The molecule has 1 atom stereocenters. The number of nitrogens with zero attached hydrogens (tertiary/aromatic N) is 3. The number of hydrogen-bond donors (Lipinski definition) is 0. The first-order valence-electron chi connectivity index (χ1n) is 10.3. The van der Waals surface area contributed by atoms with Gasteiger partial charge in [-0.05, 0) is 46.5 Å². The van der Waals surface area contributed by atoms with E-state index in [2.05, 4.69) is 5.16 Å². The van der Waals surface area contributed by atoms with Crippen LogP contribution in [0.5, 0.6) is 0 Å². The maximum atomic E-state index is 12.5. The van der Waals surface area contributed by atoms with E-state index in [9.17, 15) is 4.79 Å². The largest absolute Gasteiger partial charge is 0.444 e. The van der Waals surface area contributed by atoms with Gasteiger partial charge in [-0.25, -0.2) is 4.79 Å². The summed E-state index contributed by atoms with van der Waals surface area (Å²) in [5.41, 5.74) is -0.498. The summed E-state index contributed by atoms with van der Waals surface area (Å²) in [6.45, 7) is 6.34. The van der Waals surface area contributed by atoms with E-state index in [0.717, 1.165) is 31.5 Å². The molecule has 1 aliphatic carbocycles. The molecule has 2 aliphatic rings. The predicted octanol–water partition coefficient (Wildman–Crippen LogP) is 5.36. The molecule has 1 aromatic heterocycles. The Labute approximate surface area is 156 Å². The summed E-state index contributed by atoms with van der Waals surface area (Å²) in [6, 6.07) is -0.151. The molecule has 0 radical (unpaired) electrons. The highest BCUT2D eigenvalue weighted by Gasteiger charge is 2.37. The Kier molecular flexibility index (Phi) is 6.20. The molecule has 0 unspecified atom stereocenters. The minimum Gasteiger partial charge on any atom is -0.444 e. The van der Waals surface area contributed by atoms with E-state index in [1.807, 2.05) is 20.8 Å². The summed E-state index contributed by atoms with van der Waals surface area (Å²) in [7, 11) is 0. The number of rotatable bonds is 2. The molecule has 26 heavy (non-hydrogen) atoms. The van der Waals surface area contributed by atoms with Gasteiger partial charge in [0.1, 0.15) is 11.6 Å². The fraction of sp³-hybridized carbons (Fsp3) is 0.850. The van der Waals surface area contributed by atoms with E-state index in [1.54, 1.807) is 4.90 Å². The zero-order valence-corrected chi connectivity index (χ0v) is 16.5. The molecule has 0 N–H and O–H groups in total. The first kappa shape index (κ1) is 19.2. The Bertz CT molecular complexity index is 583. The third kappa shape index (κ3) is 4.98. The average Bonchev–Trinajstić information content (AvgIpc) is 3.24. The Morgan fingerprint density at radius 2 is 1.69 bits per heavy atom. The number of carbonyl (C=O) groups is 1. The average molecular weight is 364 g/mol. The van der Waals surface area contributed by atoms with Crippen molar-refractivity contribution in [3.63, 3.8) is 0 Å². The van der Waals surface area contributed by atoms with Gasteiger partial charge in [0.2, 0.25) is 5.89 Å². The molecular weight excluding hydrogens is 330 g/mol. The molecular formula is C20H33N3O3. The van der Waals surface area contributed by atoms with Crippen molar-refractivity contribution in [2.24, 2.45) is 0 Å². The van der Waals surface area contributed by atoms with Gasteiger partial charge in [0.25, 0.3) is 0 Å². The van der Waals surface area contributed by atoms with Crippen LogP contribution in [0.2, 0.25) is 0 Å². The lowest BCUT2D eigenvalue weighted by Gasteiger charge is -2.27. The molecule has 0 aromatic carbocycles. The molecule has 3 rings (SSSR count). The van der Waals surface area contributed by atoms with Crippen LogP contribution >= 0.6 is 0 Å². The maximum absolute atomic E-state index is 12.5. The normalized spacial score (nSPS) is 23.3. The molecule has 1 saturated heterocycles. The van der Waals surface area contributed by atoms with Crippen LogP contribution in [0.3, 0.4) is 0 Å². The molecule has 6 nitrogen and oxygen atoms in total. The van der Waals surface area contributed by atoms with E-state index in [-0.39, 0.29) is 12.1 Å². The van der Waals surface area contributed by atoms with Crippen molar-refractivity contribution in [1.29, 1.82) is 0 Å². The van der Waals surface area contributed by atoms with Crippen LogP contribution in [-0.4, -0.2) is 33.3 Å². The lowest BCUT2D eigenvalue weighted by molar-refractivity contribution is 0.0199. The highest BCUT2D eigenvalue weighted by molar-refractivity contribution is 5.69. The summed E-state index contributed by atoms with van der Waals surface area (Å²) in [6.07, 6.45) is 11.5. The summed E-state index contributed by atoms with van der Waals surface area (Å²) >= 11 is 0. The van der Waals surface area contributed by atoms with Crippen LogP contribution in [0.15, 0.2) is 4.52 Å². The van der Waals surface area contributed by atoms with Crippen LogP contribution in [0.25, 0.3) is 0 Å². The minimum atomic E-state index is -0.498. The van der Waals surface area contributed by atoms with E-state index >= 15 is 0 Å². The topological polar surface area (TPSA) is 68.5 Å². The molecule has 1 amide bonds. The molecule has 2 heterocycles. The Morgan fingerprint density at radius 3 is 2.35 bits per heavy atom. The summed E-state index contributed by atoms with van der Waals surface area (Å²) < 4.78 is 11.1. The molecule has 0 bridgehead atoms. The van der Waals surface area contributed by atoms with E-state index in [1.165, 1.54) is 38.5 Å². The van der Waals surface area contributed by atoms with Gasteiger partial charge in [-0.15, -0.1) is 0 Å². The van der Waals surface area contributed by atoms with Gasteiger partial charge in [0, 0.05) is 12.5 Å². The van der Waals surface area contributed by atoms with Gasteiger partial charge in [-0.1, -0.05) is 43.7 Å². The summed E-state index contributed by atoms with van der Waals surface area (Å²) in [5.74, 6) is 1.79. The number of carbonyl (C=O) groups excluding carboxylic acids is 1. The fourth-order valence-corrected chi connectivity index (χ4v) is 4.00. The monoisotopic (exact) mass is 363 g/mol. The third-order valence-corrected chi connectivity index (χ3v) is 5.34. The van der Waals surface area contributed by atoms with Gasteiger partial charge in [0.15, 0.2) is 5.82 Å². The molecule has 146 valence electrons. The zero-order valence-electron chi connectivity index (χ0n) is 16.5. The van der Waals surface area contributed by atoms with Crippen molar-refractivity contribution in [3.05, 3.63) is 11.7 Å². The first-order chi connectivity index (χ1) is 12.4. The van der Waals surface area contributed by atoms with Gasteiger partial charge < -0.3 is 9.26 Å². The lowest BCUT2D eigenvalue weighted by atomic mass is 9.96. The van der Waals surface area contributed by atoms with Crippen LogP contribution < -0.4 is 0 Å². The number of ether oxygens (including phenoxy) is 1. The molecule has 2 fully saturated rings. The van der Waals surface area contributed by atoms with E-state index in [4.69, 9.17) is 14.2 Å². The Hall–Kier alpha value is -1.59. The van der Waals surface area contributed by atoms with Crippen molar-refractivity contribution in [1.82, 2.24) is 15.0 Å². The van der Waals surface area contributed by atoms with Crippen molar-refractivity contribution in [3.8, 4) is 0 Å². The molecule has 6 heteroatoms. The standard InChI is InChI=1S/C20H33N3O3/c1-20(2,3)25-19(24)23-14-10-13-16(23)18-21-17(22-26-18)15-11-8-6-4-5-7-9-12-15/h15-16H,4-14H2,1-3H3/t16-/m0/s1. The van der Waals surface area contributed by atoms with Gasteiger partial charge in [0.05, 0.1) is 0 Å². The van der Waals surface area contributed by atoms with Gasteiger partial charge in [-0.2, -0.15) is 4.98 Å². The van der Waals surface area contributed by atoms with Gasteiger partial charge >= 0.3 is 6.09 Å². The maximum Gasteiger partial charge on any atom is 0.410 e. The molecule has 0 spiro atoms. The quantitative estimate of drug-likeness (QED) is 0.707. The van der Waals surface area contributed by atoms with Crippen LogP contribution in [0.1, 0.15) is 109 Å². The van der Waals surface area contributed by atoms with E-state index in [0.29, 0.717) is 18.4 Å². The second kappa shape index (κ2) is 8.40. The second-order valence-electron chi connectivity index (χ2n) is 8.72. The predicted molar refractivity (Wildman–Crippen MR) is 98.9 cm³/mol. The van der Waals surface area contributed by atoms with Crippen molar-refractivity contribution in [2.75, 3.05) is 6.54 Å². The zero-order chi connectivity index (χ0) is 18.6. The smallest absolute Gasteiger partial charge is 0.410 e. The van der Waals surface area contributed by atoms with E-state index < -0.39 is 5.60 Å². The van der Waals surface area contributed by atoms with Crippen LogP contribution in [-0.2, 0) is 4.74 Å². The Balaban J connectivity index is 1.68. The second-order valence-corrected chi connectivity index (χ2v) is 8.72. The number of hydrogen-bond acceptors (Lipinski definition) is 5. The number of likely N-dealkylation sites (tertiary alicyclic amines) is 1. The highest BCUT2D eigenvalue weighted by Crippen LogP contribution is 2.34. The SMILES string of the molecule is CC(C)(C)OC(=O)N1CCC[C@H]1c1nc(C2CCCCCCCC2)no1. The van der Waals surface area contributed by atoms with Crippen LogP contribution in [0, 0.1) is 0 Å². The third-order valence-electron chi connectivity index (χ3n) is 5.34. The van der Waals surface area contributed by atoms with Crippen molar-refractivity contribution >= 4 is 6.09 Å². The molecule has 1 aliphatic heterocycles. The minimum absolute atomic E-state index is 0.151. The van der Waals surface area contributed by atoms with Crippen molar-refractivity contribution < 1.29 is 14.1 Å². The van der Waals surface area contributed by atoms with Gasteiger partial charge in [-0.3, -0.25) is 4.90 Å². The fourth-order valence-electron chi connectivity index (χ4n) is 4.00.